The number of hydrogen-bond acceptors (Lipinski definition) is 8. The zero-order chi connectivity index (χ0) is 18.0. The van der Waals surface area contributed by atoms with Crippen LogP contribution < -0.4 is 0 Å². The summed E-state index contributed by atoms with van der Waals surface area (Å²) in [6.45, 7) is 3.65. The van der Waals surface area contributed by atoms with E-state index in [4.69, 9.17) is 9.15 Å². The topological polar surface area (TPSA) is 102 Å². The van der Waals surface area contributed by atoms with Crippen molar-refractivity contribution in [3.05, 3.63) is 41.4 Å². The second-order valence-electron chi connectivity index (χ2n) is 5.21. The molecule has 0 fully saturated rings. The van der Waals surface area contributed by atoms with E-state index in [-0.39, 0.29) is 5.69 Å². The van der Waals surface area contributed by atoms with E-state index in [0.29, 0.717) is 27.0 Å². The summed E-state index contributed by atoms with van der Waals surface area (Å²) in [7, 11) is 1.23. The van der Waals surface area contributed by atoms with Gasteiger partial charge in [0.15, 0.2) is 5.92 Å². The molecule has 0 N–H and O–H groups in total. The molecule has 0 aliphatic heterocycles. The van der Waals surface area contributed by atoms with Gasteiger partial charge in [0.1, 0.15) is 16.5 Å². The maximum atomic E-state index is 12.0. The molecule has 1 unspecified atom stereocenters. The van der Waals surface area contributed by atoms with Crippen molar-refractivity contribution in [1.82, 2.24) is 15.0 Å². The van der Waals surface area contributed by atoms with Crippen molar-refractivity contribution in [1.29, 1.82) is 5.26 Å². The molecule has 0 saturated carbocycles. The lowest BCUT2D eigenvalue weighted by molar-refractivity contribution is -0.141. The number of methoxy groups -OCH3 is 1. The Balaban J connectivity index is 2.15. The summed E-state index contributed by atoms with van der Waals surface area (Å²) < 4.78 is 10.3. The number of carbonyl (C=O) groups is 1. The highest BCUT2D eigenvalue weighted by atomic mass is 32.2. The number of benzene rings is 1. The predicted molar refractivity (Wildman–Crippen MR) is 90.0 cm³/mol. The highest BCUT2D eigenvalue weighted by Gasteiger charge is 2.28. The minimum Gasteiger partial charge on any atom is -0.468 e. The Labute approximate surface area is 148 Å². The first-order valence-electron chi connectivity index (χ1n) is 7.39. The largest absolute Gasteiger partial charge is 0.468 e. The maximum absolute atomic E-state index is 12.0. The first-order chi connectivity index (χ1) is 12.0. The van der Waals surface area contributed by atoms with Crippen molar-refractivity contribution in [2.24, 2.45) is 0 Å². The summed E-state index contributed by atoms with van der Waals surface area (Å²) in [5.74, 6) is -1.17. The number of oxazole rings is 1. The molecule has 0 aliphatic carbocycles. The molecule has 0 radical (unpaired) electrons. The summed E-state index contributed by atoms with van der Waals surface area (Å²) >= 11 is 1.13. The lowest BCUT2D eigenvalue weighted by Gasteiger charge is -2.11. The van der Waals surface area contributed by atoms with Crippen molar-refractivity contribution in [2.45, 2.75) is 30.0 Å². The molecule has 0 spiro atoms. The van der Waals surface area contributed by atoms with E-state index >= 15 is 0 Å². The van der Waals surface area contributed by atoms with Crippen molar-refractivity contribution in [3.8, 4) is 6.07 Å². The third-order valence-corrected chi connectivity index (χ3v) is 4.44. The van der Waals surface area contributed by atoms with Gasteiger partial charge in [0.25, 0.3) is 5.22 Å². The average molecular weight is 354 g/mol. The van der Waals surface area contributed by atoms with E-state index in [1.807, 2.05) is 38.1 Å². The van der Waals surface area contributed by atoms with Gasteiger partial charge in [0.2, 0.25) is 0 Å². The number of aromatic nitrogens is 3. The number of esters is 1. The molecule has 3 aromatic rings. The fraction of sp³-hybridized carbons (Fsp3) is 0.235. The molecule has 0 bridgehead atoms. The SMILES string of the molecule is COC(=O)C(C#N)c1nc2ccccc2nc1Sc1nc(C)c(C)o1. The van der Waals surface area contributed by atoms with E-state index < -0.39 is 11.9 Å². The van der Waals surface area contributed by atoms with Gasteiger partial charge in [-0.1, -0.05) is 12.1 Å². The minimum absolute atomic E-state index is 0.228. The summed E-state index contributed by atoms with van der Waals surface area (Å²) in [5.41, 5.74) is 2.23. The average Bonchev–Trinajstić information content (AvgIpc) is 2.93. The molecule has 3 rings (SSSR count). The zero-order valence-corrected chi connectivity index (χ0v) is 14.6. The van der Waals surface area contributed by atoms with Crippen LogP contribution in [0.3, 0.4) is 0 Å². The van der Waals surface area contributed by atoms with Crippen LogP contribution in [0, 0.1) is 25.2 Å². The molecule has 2 heterocycles. The van der Waals surface area contributed by atoms with E-state index in [0.717, 1.165) is 17.5 Å². The van der Waals surface area contributed by atoms with Gasteiger partial charge in [0.05, 0.1) is 29.9 Å². The molecule has 0 saturated heterocycles. The zero-order valence-electron chi connectivity index (χ0n) is 13.8. The van der Waals surface area contributed by atoms with Crippen molar-refractivity contribution in [2.75, 3.05) is 7.11 Å². The van der Waals surface area contributed by atoms with Crippen LogP contribution >= 0.6 is 11.8 Å². The molecule has 0 aliphatic rings. The van der Waals surface area contributed by atoms with Crippen LogP contribution in [0.5, 0.6) is 0 Å². The number of hydrogen-bond donors (Lipinski definition) is 0. The quantitative estimate of drug-likeness (QED) is 0.658. The fourth-order valence-electron chi connectivity index (χ4n) is 2.17. The smallest absolute Gasteiger partial charge is 0.329 e. The van der Waals surface area contributed by atoms with Crippen LogP contribution in [0.2, 0.25) is 0 Å². The normalized spacial score (nSPS) is 11.9. The number of fused-ring (bicyclic) bond motifs is 1. The van der Waals surface area contributed by atoms with Crippen molar-refractivity contribution < 1.29 is 13.9 Å². The molecular formula is C17H14N4O3S. The predicted octanol–water partition coefficient (Wildman–Crippen LogP) is 3.17. The van der Waals surface area contributed by atoms with Crippen LogP contribution in [0.25, 0.3) is 11.0 Å². The Kier molecular flexibility index (Phi) is 4.67. The number of nitriles is 1. The van der Waals surface area contributed by atoms with Crippen LogP contribution in [-0.2, 0) is 9.53 Å². The molecule has 8 heteroatoms. The third-order valence-electron chi connectivity index (χ3n) is 3.60. The van der Waals surface area contributed by atoms with Crippen LogP contribution in [-0.4, -0.2) is 28.0 Å². The van der Waals surface area contributed by atoms with Crippen molar-refractivity contribution in [3.63, 3.8) is 0 Å². The van der Waals surface area contributed by atoms with Gasteiger partial charge in [-0.3, -0.25) is 4.79 Å². The number of aryl methyl sites for hydroxylation is 2. The van der Waals surface area contributed by atoms with Gasteiger partial charge in [-0.2, -0.15) is 5.26 Å². The second kappa shape index (κ2) is 6.91. The Morgan fingerprint density at radius 1 is 1.24 bits per heavy atom. The first-order valence-corrected chi connectivity index (χ1v) is 8.21. The highest BCUT2D eigenvalue weighted by molar-refractivity contribution is 7.99. The molecule has 7 nitrogen and oxygen atoms in total. The Morgan fingerprint density at radius 2 is 1.92 bits per heavy atom. The van der Waals surface area contributed by atoms with E-state index in [2.05, 4.69) is 15.0 Å². The van der Waals surface area contributed by atoms with E-state index in [1.165, 1.54) is 7.11 Å². The van der Waals surface area contributed by atoms with Gasteiger partial charge in [-0.05, 0) is 37.7 Å². The minimum atomic E-state index is -1.18. The monoisotopic (exact) mass is 354 g/mol. The summed E-state index contributed by atoms with van der Waals surface area (Å²) in [5, 5.41) is 10.2. The Morgan fingerprint density at radius 3 is 2.48 bits per heavy atom. The molecule has 25 heavy (non-hydrogen) atoms. The first kappa shape index (κ1) is 16.9. The number of rotatable bonds is 4. The second-order valence-corrected chi connectivity index (χ2v) is 6.15. The van der Waals surface area contributed by atoms with Gasteiger partial charge in [-0.25, -0.2) is 15.0 Å². The molecule has 0 amide bonds. The number of nitrogens with zero attached hydrogens (tertiary/aromatic N) is 4. The standard InChI is InChI=1S/C17H14N4O3S/c1-9-10(2)24-17(19-9)25-15-14(11(8-18)16(22)23-3)20-12-6-4-5-7-13(12)21-15/h4-7,11H,1-3H3. The summed E-state index contributed by atoms with van der Waals surface area (Å²) in [6.07, 6.45) is 0. The molecule has 1 atom stereocenters. The highest BCUT2D eigenvalue weighted by Crippen LogP contribution is 2.33. The maximum Gasteiger partial charge on any atom is 0.329 e. The van der Waals surface area contributed by atoms with E-state index in [9.17, 15) is 10.1 Å². The lowest BCUT2D eigenvalue weighted by Crippen LogP contribution is -2.15. The van der Waals surface area contributed by atoms with Crippen LogP contribution in [0.1, 0.15) is 23.1 Å². The number of ether oxygens (including phenoxy) is 1. The van der Waals surface area contributed by atoms with Gasteiger partial charge in [-0.15, -0.1) is 0 Å². The molecule has 1 aromatic carbocycles. The fourth-order valence-corrected chi connectivity index (χ4v) is 3.10. The molecule has 126 valence electrons. The summed E-state index contributed by atoms with van der Waals surface area (Å²) in [6, 6.07) is 9.17. The van der Waals surface area contributed by atoms with Gasteiger partial charge < -0.3 is 9.15 Å². The van der Waals surface area contributed by atoms with E-state index in [1.54, 1.807) is 6.07 Å². The number of para-hydroxylation sites is 2. The summed E-state index contributed by atoms with van der Waals surface area (Å²) in [4.78, 5) is 25.3. The Hall–Kier alpha value is -2.92. The molecular weight excluding hydrogens is 340 g/mol. The third kappa shape index (κ3) is 3.32. The van der Waals surface area contributed by atoms with Gasteiger partial charge in [0, 0.05) is 0 Å². The Bertz CT molecular complexity index is 974. The van der Waals surface area contributed by atoms with Crippen LogP contribution in [0.15, 0.2) is 38.9 Å². The molecule has 2 aromatic heterocycles. The number of carbonyl (C=O) groups excluding carboxylic acids is 1. The van der Waals surface area contributed by atoms with Gasteiger partial charge >= 0.3 is 5.97 Å². The van der Waals surface area contributed by atoms with Crippen molar-refractivity contribution >= 4 is 28.8 Å². The lowest BCUT2D eigenvalue weighted by atomic mass is 10.1. The van der Waals surface area contributed by atoms with Crippen LogP contribution in [0.4, 0.5) is 0 Å².